The molecule has 0 radical (unpaired) electrons. The van der Waals surface area contributed by atoms with E-state index in [1.807, 2.05) is 13.0 Å². The van der Waals surface area contributed by atoms with Crippen molar-refractivity contribution < 1.29 is 14.6 Å². The first-order chi connectivity index (χ1) is 8.89. The number of ether oxygens (including phenoxy) is 1. The molecule has 1 aliphatic rings. The lowest BCUT2D eigenvalue weighted by Gasteiger charge is -2.47. The van der Waals surface area contributed by atoms with Crippen LogP contribution in [0.3, 0.4) is 0 Å². The van der Waals surface area contributed by atoms with Gasteiger partial charge in [-0.2, -0.15) is 0 Å². The molecule has 1 aliphatic heterocycles. The molecule has 0 bridgehead atoms. The zero-order chi connectivity index (χ0) is 14.0. The van der Waals surface area contributed by atoms with Gasteiger partial charge in [0.05, 0.1) is 0 Å². The molecule has 0 unspecified atom stereocenters. The molecule has 0 saturated carbocycles. The molecule has 1 aromatic heterocycles. The van der Waals surface area contributed by atoms with Gasteiger partial charge in [0.2, 0.25) is 0 Å². The molecule has 6 nitrogen and oxygen atoms in total. The van der Waals surface area contributed by atoms with E-state index < -0.39 is 11.6 Å². The van der Waals surface area contributed by atoms with Gasteiger partial charge in [-0.05, 0) is 12.8 Å². The van der Waals surface area contributed by atoms with E-state index in [9.17, 15) is 4.79 Å². The Morgan fingerprint density at radius 3 is 2.79 bits per heavy atom. The zero-order valence-electron chi connectivity index (χ0n) is 11.5. The van der Waals surface area contributed by atoms with E-state index in [1.54, 1.807) is 6.33 Å². The second kappa shape index (κ2) is 5.13. The third kappa shape index (κ3) is 3.20. The van der Waals surface area contributed by atoms with Crippen LogP contribution >= 0.6 is 0 Å². The molecule has 0 atom stereocenters. The quantitative estimate of drug-likeness (QED) is 0.864. The molecule has 1 N–H and O–H groups in total. The highest BCUT2D eigenvalue weighted by molar-refractivity contribution is 5.68. The summed E-state index contributed by atoms with van der Waals surface area (Å²) in [5.74, 6) is 0.288. The minimum absolute atomic E-state index is 0.259. The zero-order valence-corrected chi connectivity index (χ0v) is 11.5. The smallest absolute Gasteiger partial charge is 0.329 e. The van der Waals surface area contributed by atoms with Crippen molar-refractivity contribution in [2.24, 2.45) is 0 Å². The van der Waals surface area contributed by atoms with E-state index in [2.05, 4.69) is 28.7 Å². The summed E-state index contributed by atoms with van der Waals surface area (Å²) in [4.78, 5) is 21.0. The van der Waals surface area contributed by atoms with Gasteiger partial charge in [0.1, 0.15) is 24.4 Å². The Hall–Kier alpha value is -1.69. The molecule has 0 aromatic carbocycles. The van der Waals surface area contributed by atoms with Crippen molar-refractivity contribution in [1.82, 2.24) is 9.97 Å². The SMILES string of the molecule is CC(C)c1cc(N2CC(C)(OCC(=O)O)C2)ncn1. The van der Waals surface area contributed by atoms with Crippen molar-refractivity contribution in [1.29, 1.82) is 0 Å². The first-order valence-corrected chi connectivity index (χ1v) is 6.32. The third-order valence-corrected chi connectivity index (χ3v) is 3.18. The topological polar surface area (TPSA) is 75.5 Å². The number of carboxylic acids is 1. The van der Waals surface area contributed by atoms with E-state index in [4.69, 9.17) is 9.84 Å². The minimum Gasteiger partial charge on any atom is -0.480 e. The molecule has 0 amide bonds. The van der Waals surface area contributed by atoms with Crippen LogP contribution in [-0.4, -0.2) is 46.3 Å². The van der Waals surface area contributed by atoms with E-state index in [0.29, 0.717) is 19.0 Å². The van der Waals surface area contributed by atoms with Crippen LogP contribution in [0, 0.1) is 0 Å². The molecule has 0 spiro atoms. The number of anilines is 1. The maximum absolute atomic E-state index is 10.5. The van der Waals surface area contributed by atoms with Crippen molar-refractivity contribution in [3.63, 3.8) is 0 Å². The van der Waals surface area contributed by atoms with Crippen LogP contribution in [0.2, 0.25) is 0 Å². The second-order valence-electron chi connectivity index (χ2n) is 5.44. The van der Waals surface area contributed by atoms with Crippen LogP contribution in [0.4, 0.5) is 5.82 Å². The van der Waals surface area contributed by atoms with Gasteiger partial charge in [0.25, 0.3) is 0 Å². The number of aromatic nitrogens is 2. The maximum atomic E-state index is 10.5. The second-order valence-corrected chi connectivity index (χ2v) is 5.44. The number of hydrogen-bond acceptors (Lipinski definition) is 5. The molecule has 2 rings (SSSR count). The Bertz CT molecular complexity index is 470. The van der Waals surface area contributed by atoms with Gasteiger partial charge >= 0.3 is 5.97 Å². The molecule has 1 saturated heterocycles. The lowest BCUT2D eigenvalue weighted by Crippen LogP contribution is -2.62. The Balaban J connectivity index is 1.96. The summed E-state index contributed by atoms with van der Waals surface area (Å²) in [6.07, 6.45) is 1.57. The van der Waals surface area contributed by atoms with Crippen LogP contribution in [0.5, 0.6) is 0 Å². The molecule has 6 heteroatoms. The molecule has 0 aliphatic carbocycles. The fourth-order valence-electron chi connectivity index (χ4n) is 2.10. The predicted molar refractivity (Wildman–Crippen MR) is 70.3 cm³/mol. The van der Waals surface area contributed by atoms with Gasteiger partial charge in [-0.25, -0.2) is 14.8 Å². The van der Waals surface area contributed by atoms with Gasteiger partial charge in [-0.1, -0.05) is 13.8 Å². The van der Waals surface area contributed by atoms with E-state index in [0.717, 1.165) is 11.5 Å². The fraction of sp³-hybridized carbons (Fsp3) is 0.615. The van der Waals surface area contributed by atoms with Crippen molar-refractivity contribution in [2.45, 2.75) is 32.3 Å². The van der Waals surface area contributed by atoms with Gasteiger partial charge in [0.15, 0.2) is 0 Å². The number of hydrogen-bond donors (Lipinski definition) is 1. The summed E-state index contributed by atoms with van der Waals surface area (Å²) in [6.45, 7) is 7.12. The highest BCUT2D eigenvalue weighted by atomic mass is 16.5. The van der Waals surface area contributed by atoms with Crippen molar-refractivity contribution in [2.75, 3.05) is 24.6 Å². The number of nitrogens with zero attached hydrogens (tertiary/aromatic N) is 3. The first-order valence-electron chi connectivity index (χ1n) is 6.32. The van der Waals surface area contributed by atoms with E-state index in [-0.39, 0.29) is 6.61 Å². The Labute approximate surface area is 112 Å². The van der Waals surface area contributed by atoms with Crippen molar-refractivity contribution in [3.05, 3.63) is 18.1 Å². The highest BCUT2D eigenvalue weighted by Gasteiger charge is 2.41. The number of aliphatic carboxylic acids is 1. The standard InChI is InChI=1S/C13H19N3O3/c1-9(2)10-4-11(15-8-14-10)16-6-13(3,7-16)19-5-12(17)18/h4,8-9H,5-7H2,1-3H3,(H,17,18). The molecule has 2 heterocycles. The third-order valence-electron chi connectivity index (χ3n) is 3.18. The maximum Gasteiger partial charge on any atom is 0.329 e. The fourth-order valence-corrected chi connectivity index (χ4v) is 2.10. The number of rotatable bonds is 5. The minimum atomic E-state index is -0.941. The number of carbonyl (C=O) groups is 1. The van der Waals surface area contributed by atoms with Gasteiger partial charge in [0, 0.05) is 24.8 Å². The summed E-state index contributed by atoms with van der Waals surface area (Å²) in [5.41, 5.74) is 0.603. The van der Waals surface area contributed by atoms with Crippen LogP contribution in [0.1, 0.15) is 32.4 Å². The van der Waals surface area contributed by atoms with Crippen LogP contribution in [0.25, 0.3) is 0 Å². The monoisotopic (exact) mass is 265 g/mol. The summed E-state index contributed by atoms with van der Waals surface area (Å²) >= 11 is 0. The van der Waals surface area contributed by atoms with Crippen molar-refractivity contribution >= 4 is 11.8 Å². The molecular weight excluding hydrogens is 246 g/mol. The highest BCUT2D eigenvalue weighted by Crippen LogP contribution is 2.29. The predicted octanol–water partition coefficient (Wildman–Crippen LogP) is 1.28. The van der Waals surface area contributed by atoms with Crippen LogP contribution in [-0.2, 0) is 9.53 Å². The summed E-state index contributed by atoms with van der Waals surface area (Å²) < 4.78 is 5.37. The average molecular weight is 265 g/mol. The molecule has 104 valence electrons. The molecule has 19 heavy (non-hydrogen) atoms. The Morgan fingerprint density at radius 2 is 2.21 bits per heavy atom. The van der Waals surface area contributed by atoms with Gasteiger partial charge in [-0.15, -0.1) is 0 Å². The molecule has 1 aromatic rings. The first kappa shape index (κ1) is 13.7. The van der Waals surface area contributed by atoms with Gasteiger partial charge < -0.3 is 14.7 Å². The van der Waals surface area contributed by atoms with E-state index in [1.165, 1.54) is 0 Å². The van der Waals surface area contributed by atoms with E-state index >= 15 is 0 Å². The lowest BCUT2D eigenvalue weighted by molar-refractivity contribution is -0.150. The normalized spacial score (nSPS) is 17.4. The average Bonchev–Trinajstić information content (AvgIpc) is 2.33. The van der Waals surface area contributed by atoms with Crippen LogP contribution in [0.15, 0.2) is 12.4 Å². The molecular formula is C13H19N3O3. The number of carboxylic acid groups (broad SMARTS) is 1. The summed E-state index contributed by atoms with van der Waals surface area (Å²) in [7, 11) is 0. The Kier molecular flexibility index (Phi) is 3.71. The Morgan fingerprint density at radius 1 is 1.53 bits per heavy atom. The lowest BCUT2D eigenvalue weighted by atomic mass is 9.96. The summed E-state index contributed by atoms with van der Waals surface area (Å²) in [6, 6.07) is 1.97. The van der Waals surface area contributed by atoms with Crippen molar-refractivity contribution in [3.8, 4) is 0 Å². The summed E-state index contributed by atoms with van der Waals surface area (Å²) in [5, 5.41) is 8.62. The van der Waals surface area contributed by atoms with Gasteiger partial charge in [-0.3, -0.25) is 0 Å². The molecule has 1 fully saturated rings. The van der Waals surface area contributed by atoms with Crippen LogP contribution < -0.4 is 4.90 Å². The largest absolute Gasteiger partial charge is 0.480 e.